The first-order valence-corrected chi connectivity index (χ1v) is 6.04. The van der Waals surface area contributed by atoms with Crippen molar-refractivity contribution in [3.05, 3.63) is 29.8 Å². The third-order valence-electron chi connectivity index (χ3n) is 2.39. The molecule has 80 valence electrons. The summed E-state index contributed by atoms with van der Waals surface area (Å²) in [4.78, 5) is 12.1. The lowest BCUT2D eigenvalue weighted by Gasteiger charge is -2.23. The van der Waals surface area contributed by atoms with Crippen molar-refractivity contribution in [2.45, 2.75) is 11.0 Å². The molecule has 1 heterocycles. The van der Waals surface area contributed by atoms with E-state index in [-0.39, 0.29) is 18.6 Å². The van der Waals surface area contributed by atoms with Gasteiger partial charge in [-0.15, -0.1) is 11.8 Å². The van der Waals surface area contributed by atoms with E-state index >= 15 is 0 Å². The molecule has 0 spiro atoms. The summed E-state index contributed by atoms with van der Waals surface area (Å²) in [7, 11) is 0. The number of amides is 1. The first-order valence-electron chi connectivity index (χ1n) is 4.82. The fourth-order valence-corrected chi connectivity index (χ4v) is 1.93. The molecule has 0 saturated carbocycles. The molecule has 1 amide bonds. The Bertz CT molecular complexity index is 340. The lowest BCUT2D eigenvalue weighted by Crippen LogP contribution is -2.38. The summed E-state index contributed by atoms with van der Waals surface area (Å²) in [6.07, 6.45) is 2.05. The predicted octanol–water partition coefficient (Wildman–Crippen LogP) is 1.60. The van der Waals surface area contributed by atoms with Crippen molar-refractivity contribution >= 4 is 17.7 Å². The zero-order chi connectivity index (χ0) is 10.7. The summed E-state index contributed by atoms with van der Waals surface area (Å²) in [5.41, 5.74) is 1.12. The van der Waals surface area contributed by atoms with Crippen molar-refractivity contribution < 1.29 is 9.53 Å². The Morgan fingerprint density at radius 2 is 2.13 bits per heavy atom. The fourth-order valence-electron chi connectivity index (χ4n) is 1.53. The topological polar surface area (TPSA) is 38.3 Å². The predicted molar refractivity (Wildman–Crippen MR) is 59.9 cm³/mol. The minimum atomic E-state index is -0.0352. The Labute approximate surface area is 93.2 Å². The summed E-state index contributed by atoms with van der Waals surface area (Å²) in [6, 6.07) is 8.24. The molecule has 0 unspecified atom stereocenters. The molecular weight excluding hydrogens is 210 g/mol. The Hall–Kier alpha value is -1.00. The zero-order valence-corrected chi connectivity index (χ0v) is 9.34. The van der Waals surface area contributed by atoms with E-state index in [4.69, 9.17) is 4.74 Å². The number of nitrogens with one attached hydrogen (secondary N) is 1. The smallest absolute Gasteiger partial charge is 0.246 e. The normalized spacial score (nSPS) is 21.1. The van der Waals surface area contributed by atoms with Crippen LogP contribution >= 0.6 is 11.8 Å². The van der Waals surface area contributed by atoms with Gasteiger partial charge in [0.15, 0.2) is 0 Å². The van der Waals surface area contributed by atoms with Gasteiger partial charge in [-0.2, -0.15) is 0 Å². The number of carbonyl (C=O) groups is 1. The Balaban J connectivity index is 2.06. The highest BCUT2D eigenvalue weighted by Gasteiger charge is 2.19. The number of morpholine rings is 1. The molecule has 0 radical (unpaired) electrons. The van der Waals surface area contributed by atoms with Crippen LogP contribution in [0.4, 0.5) is 0 Å². The van der Waals surface area contributed by atoms with E-state index < -0.39 is 0 Å². The average Bonchev–Trinajstić information content (AvgIpc) is 2.30. The van der Waals surface area contributed by atoms with Crippen LogP contribution in [0.15, 0.2) is 29.2 Å². The molecule has 1 fully saturated rings. The average molecular weight is 223 g/mol. The highest BCUT2D eigenvalue weighted by molar-refractivity contribution is 7.98. The van der Waals surface area contributed by atoms with Crippen molar-refractivity contribution in [2.75, 3.05) is 19.4 Å². The largest absolute Gasteiger partial charge is 0.362 e. The van der Waals surface area contributed by atoms with E-state index in [2.05, 4.69) is 17.4 Å². The van der Waals surface area contributed by atoms with Crippen molar-refractivity contribution in [1.82, 2.24) is 5.32 Å². The minimum Gasteiger partial charge on any atom is -0.362 e. The van der Waals surface area contributed by atoms with E-state index in [0.29, 0.717) is 6.54 Å². The van der Waals surface area contributed by atoms with Gasteiger partial charge >= 0.3 is 0 Å². The van der Waals surface area contributed by atoms with Gasteiger partial charge < -0.3 is 10.1 Å². The zero-order valence-electron chi connectivity index (χ0n) is 8.53. The van der Waals surface area contributed by atoms with Crippen LogP contribution < -0.4 is 5.32 Å². The Morgan fingerprint density at radius 1 is 1.40 bits per heavy atom. The molecule has 1 aromatic carbocycles. The summed E-state index contributed by atoms with van der Waals surface area (Å²) in [5.74, 6) is -0.0352. The molecular formula is C11H13NO2S. The van der Waals surface area contributed by atoms with Gasteiger partial charge in [0.05, 0.1) is 0 Å². The van der Waals surface area contributed by atoms with Gasteiger partial charge in [0.25, 0.3) is 0 Å². The maximum atomic E-state index is 10.9. The van der Waals surface area contributed by atoms with Crippen LogP contribution in [0.5, 0.6) is 0 Å². The van der Waals surface area contributed by atoms with Crippen molar-refractivity contribution in [3.63, 3.8) is 0 Å². The van der Waals surface area contributed by atoms with Crippen molar-refractivity contribution in [1.29, 1.82) is 0 Å². The number of ether oxygens (including phenoxy) is 1. The minimum absolute atomic E-state index is 0.00129. The molecule has 1 N–H and O–H groups in total. The molecule has 0 aromatic heterocycles. The molecule has 2 rings (SSSR count). The van der Waals surface area contributed by atoms with E-state index in [1.807, 2.05) is 18.4 Å². The van der Waals surface area contributed by atoms with Gasteiger partial charge in [-0.25, -0.2) is 0 Å². The molecule has 1 atom stereocenters. The van der Waals surface area contributed by atoms with Crippen LogP contribution in [-0.2, 0) is 9.53 Å². The van der Waals surface area contributed by atoms with Crippen LogP contribution in [0, 0.1) is 0 Å². The quantitative estimate of drug-likeness (QED) is 0.774. The van der Waals surface area contributed by atoms with Crippen LogP contribution in [0.3, 0.4) is 0 Å². The molecule has 1 aliphatic rings. The molecule has 1 aliphatic heterocycles. The number of rotatable bonds is 2. The van der Waals surface area contributed by atoms with Gasteiger partial charge in [0.1, 0.15) is 12.7 Å². The second-order valence-electron chi connectivity index (χ2n) is 3.38. The maximum Gasteiger partial charge on any atom is 0.246 e. The van der Waals surface area contributed by atoms with Crippen LogP contribution in [0.25, 0.3) is 0 Å². The standard InChI is InChI=1S/C11H13NO2S/c1-15-9-4-2-8(3-5-9)10-6-12-11(13)7-14-10/h2-5,10H,6-7H2,1H3,(H,12,13)/t10-/m1/s1. The summed E-state index contributed by atoms with van der Waals surface area (Å²) in [6.45, 7) is 0.729. The lowest BCUT2D eigenvalue weighted by molar-refractivity contribution is -0.133. The fraction of sp³-hybridized carbons (Fsp3) is 0.364. The van der Waals surface area contributed by atoms with E-state index in [1.54, 1.807) is 11.8 Å². The van der Waals surface area contributed by atoms with E-state index in [0.717, 1.165) is 5.56 Å². The number of hydrogen-bond donors (Lipinski definition) is 1. The van der Waals surface area contributed by atoms with Gasteiger partial charge in [-0.3, -0.25) is 4.79 Å². The van der Waals surface area contributed by atoms with Crippen molar-refractivity contribution in [3.8, 4) is 0 Å². The Kier molecular flexibility index (Phi) is 3.28. The number of thioether (sulfide) groups is 1. The third-order valence-corrected chi connectivity index (χ3v) is 3.13. The van der Waals surface area contributed by atoms with E-state index in [9.17, 15) is 4.79 Å². The van der Waals surface area contributed by atoms with E-state index in [1.165, 1.54) is 4.90 Å². The molecule has 15 heavy (non-hydrogen) atoms. The second-order valence-corrected chi connectivity index (χ2v) is 4.26. The number of hydrogen-bond acceptors (Lipinski definition) is 3. The SMILES string of the molecule is CSc1ccc([C@H]2CNC(=O)CO2)cc1. The monoisotopic (exact) mass is 223 g/mol. The summed E-state index contributed by atoms with van der Waals surface area (Å²) < 4.78 is 5.43. The molecule has 1 aromatic rings. The van der Waals surface area contributed by atoms with Crippen LogP contribution in [0.1, 0.15) is 11.7 Å². The molecule has 0 aliphatic carbocycles. The summed E-state index contributed by atoms with van der Waals surface area (Å²) in [5, 5.41) is 2.79. The van der Waals surface area contributed by atoms with Crippen LogP contribution in [-0.4, -0.2) is 25.3 Å². The number of carbonyl (C=O) groups excluding carboxylic acids is 1. The highest BCUT2D eigenvalue weighted by Crippen LogP contribution is 2.22. The van der Waals surface area contributed by atoms with Gasteiger partial charge in [0.2, 0.25) is 5.91 Å². The first-order chi connectivity index (χ1) is 7.29. The second kappa shape index (κ2) is 4.68. The van der Waals surface area contributed by atoms with Gasteiger partial charge in [-0.05, 0) is 24.0 Å². The maximum absolute atomic E-state index is 10.9. The first kappa shape index (κ1) is 10.5. The highest BCUT2D eigenvalue weighted by atomic mass is 32.2. The molecule has 4 heteroatoms. The summed E-state index contributed by atoms with van der Waals surface area (Å²) >= 11 is 1.71. The van der Waals surface area contributed by atoms with Gasteiger partial charge in [-0.1, -0.05) is 12.1 Å². The van der Waals surface area contributed by atoms with Crippen molar-refractivity contribution in [2.24, 2.45) is 0 Å². The molecule has 1 saturated heterocycles. The molecule has 3 nitrogen and oxygen atoms in total. The van der Waals surface area contributed by atoms with Crippen LogP contribution in [0.2, 0.25) is 0 Å². The Morgan fingerprint density at radius 3 is 2.67 bits per heavy atom. The van der Waals surface area contributed by atoms with Gasteiger partial charge in [0, 0.05) is 11.4 Å². The third kappa shape index (κ3) is 2.52. The molecule has 0 bridgehead atoms. The lowest BCUT2D eigenvalue weighted by atomic mass is 10.1. The number of benzene rings is 1.